The summed E-state index contributed by atoms with van der Waals surface area (Å²) in [7, 11) is 3.33. The minimum atomic E-state index is -4.95. The van der Waals surface area contributed by atoms with Gasteiger partial charge in [-0.3, -0.25) is 9.47 Å². The Morgan fingerprint density at radius 1 is 1.16 bits per heavy atom. The number of rotatable bonds is 5. The van der Waals surface area contributed by atoms with E-state index < -0.39 is 29.7 Å². The van der Waals surface area contributed by atoms with Crippen LogP contribution in [0.2, 0.25) is 0 Å². The van der Waals surface area contributed by atoms with Gasteiger partial charge < -0.3 is 14.2 Å². The van der Waals surface area contributed by atoms with E-state index in [0.717, 1.165) is 12.1 Å². The van der Waals surface area contributed by atoms with Crippen molar-refractivity contribution in [1.82, 2.24) is 24.0 Å². The Bertz CT molecular complexity index is 1430. The first kappa shape index (κ1) is 26.4. The zero-order chi connectivity index (χ0) is 27.2. The van der Waals surface area contributed by atoms with Crippen molar-refractivity contribution in [3.63, 3.8) is 0 Å². The molecule has 4 rings (SSSR count). The van der Waals surface area contributed by atoms with Crippen molar-refractivity contribution in [3.05, 3.63) is 45.9 Å². The minimum absolute atomic E-state index is 0.0655. The molecule has 13 heteroatoms. The summed E-state index contributed by atoms with van der Waals surface area (Å²) in [6.07, 6.45) is -4.89. The summed E-state index contributed by atoms with van der Waals surface area (Å²) in [6, 6.07) is 4.33. The summed E-state index contributed by atoms with van der Waals surface area (Å²) in [6.45, 7) is 6.41. The van der Waals surface area contributed by atoms with Crippen molar-refractivity contribution in [1.29, 1.82) is 5.26 Å². The maximum absolute atomic E-state index is 13.7. The first-order chi connectivity index (χ1) is 17.3. The lowest BCUT2D eigenvalue weighted by Gasteiger charge is -2.47. The second-order valence-electron chi connectivity index (χ2n) is 9.32. The molecule has 3 atom stereocenters. The molecule has 198 valence electrons. The van der Waals surface area contributed by atoms with Gasteiger partial charge >= 0.3 is 12.1 Å². The Morgan fingerprint density at radius 3 is 2.51 bits per heavy atom. The van der Waals surface area contributed by atoms with E-state index in [-0.39, 0.29) is 24.1 Å². The van der Waals surface area contributed by atoms with Crippen LogP contribution in [0.5, 0.6) is 5.75 Å². The van der Waals surface area contributed by atoms with Crippen LogP contribution < -0.4 is 15.3 Å². The number of hydrogen-bond acceptors (Lipinski definition) is 7. The molecule has 0 N–H and O–H groups in total. The number of anilines is 1. The third-order valence-electron chi connectivity index (χ3n) is 6.87. The average molecular weight is 522 g/mol. The van der Waals surface area contributed by atoms with Gasteiger partial charge in [0.1, 0.15) is 28.6 Å². The van der Waals surface area contributed by atoms with Gasteiger partial charge in [-0.1, -0.05) is 6.07 Å². The number of nitriles is 1. The number of imidazole rings is 1. The van der Waals surface area contributed by atoms with Crippen molar-refractivity contribution in [2.45, 2.75) is 51.7 Å². The van der Waals surface area contributed by atoms with Gasteiger partial charge in [-0.25, -0.2) is 14.2 Å². The molecule has 3 aromatic rings. The standard InChI is InChI=1S/C24H27F4N7O2/c1-13-12-35(21-20-22(33(5)23(36)31-21)32(4)19(30-20)8-9-29)14(2)11-34(13)15(3)17-7-6-16(25)10-18(17)37-24(26,27)28/h6-7,10,13-15H,8,11-12H2,1-5H3/t13-,14+,15?/m1/s1. The van der Waals surface area contributed by atoms with Gasteiger partial charge in [-0.15, -0.1) is 13.2 Å². The Labute approximate surface area is 210 Å². The summed E-state index contributed by atoms with van der Waals surface area (Å²) in [5.74, 6) is -0.500. The molecule has 0 bridgehead atoms. The molecule has 9 nitrogen and oxygen atoms in total. The van der Waals surface area contributed by atoms with Crippen LogP contribution >= 0.6 is 0 Å². The first-order valence-electron chi connectivity index (χ1n) is 11.7. The Balaban J connectivity index is 1.68. The fourth-order valence-electron chi connectivity index (χ4n) is 5.04. The van der Waals surface area contributed by atoms with Crippen molar-refractivity contribution in [2.24, 2.45) is 14.1 Å². The molecule has 1 aliphatic rings. The van der Waals surface area contributed by atoms with Crippen LogP contribution in [0.15, 0.2) is 23.0 Å². The normalized spacial score (nSPS) is 19.7. The summed E-state index contributed by atoms with van der Waals surface area (Å²) in [5.41, 5.74) is 0.780. The lowest BCUT2D eigenvalue weighted by atomic mass is 10.00. The van der Waals surface area contributed by atoms with Crippen LogP contribution in [-0.2, 0) is 20.5 Å². The lowest BCUT2D eigenvalue weighted by Crippen LogP contribution is -2.57. The number of piperazine rings is 1. The Kier molecular flexibility index (Phi) is 6.89. The Hall–Kier alpha value is -3.66. The van der Waals surface area contributed by atoms with Gasteiger partial charge in [0.15, 0.2) is 5.82 Å². The van der Waals surface area contributed by atoms with Crippen LogP contribution in [0, 0.1) is 17.1 Å². The van der Waals surface area contributed by atoms with Gasteiger partial charge in [0, 0.05) is 56.9 Å². The van der Waals surface area contributed by atoms with E-state index >= 15 is 0 Å². The fraction of sp³-hybridized carbons (Fsp3) is 0.500. The van der Waals surface area contributed by atoms with Gasteiger partial charge in [0.25, 0.3) is 0 Å². The van der Waals surface area contributed by atoms with Crippen LogP contribution in [0.25, 0.3) is 11.2 Å². The number of fused-ring (bicyclic) bond motifs is 1. The second-order valence-corrected chi connectivity index (χ2v) is 9.32. The number of aryl methyl sites for hydroxylation is 2. The lowest BCUT2D eigenvalue weighted by molar-refractivity contribution is -0.275. The van der Waals surface area contributed by atoms with Crippen LogP contribution in [0.1, 0.15) is 38.2 Å². The van der Waals surface area contributed by atoms with Crippen molar-refractivity contribution in [3.8, 4) is 11.8 Å². The summed E-state index contributed by atoms with van der Waals surface area (Å²) >= 11 is 0. The van der Waals surface area contributed by atoms with Gasteiger partial charge in [-0.2, -0.15) is 10.2 Å². The van der Waals surface area contributed by atoms with Gasteiger partial charge in [-0.05, 0) is 26.8 Å². The summed E-state index contributed by atoms with van der Waals surface area (Å²) in [5, 5.41) is 9.16. The molecule has 1 unspecified atom stereocenters. The molecule has 37 heavy (non-hydrogen) atoms. The van der Waals surface area contributed by atoms with E-state index in [1.807, 2.05) is 23.6 Å². The molecule has 1 aliphatic heterocycles. The minimum Gasteiger partial charge on any atom is -0.405 e. The molecule has 0 spiro atoms. The second kappa shape index (κ2) is 9.66. The largest absolute Gasteiger partial charge is 0.573 e. The number of hydrogen-bond donors (Lipinski definition) is 0. The van der Waals surface area contributed by atoms with Crippen molar-refractivity contribution in [2.75, 3.05) is 18.0 Å². The molecule has 2 aromatic heterocycles. The molecule has 0 saturated carbocycles. The Morgan fingerprint density at radius 2 is 1.86 bits per heavy atom. The van der Waals surface area contributed by atoms with E-state index in [9.17, 15) is 22.4 Å². The summed E-state index contributed by atoms with van der Waals surface area (Å²) in [4.78, 5) is 25.6. The molecular weight excluding hydrogens is 494 g/mol. The highest BCUT2D eigenvalue weighted by Crippen LogP contribution is 2.37. The molecule has 1 fully saturated rings. The predicted octanol–water partition coefficient (Wildman–Crippen LogP) is 3.43. The highest BCUT2D eigenvalue weighted by molar-refractivity contribution is 5.84. The number of nitrogens with zero attached hydrogens (tertiary/aromatic N) is 7. The van der Waals surface area contributed by atoms with Gasteiger partial charge in [0.2, 0.25) is 0 Å². The highest BCUT2D eigenvalue weighted by atomic mass is 19.4. The van der Waals surface area contributed by atoms with Crippen molar-refractivity contribution >= 4 is 17.0 Å². The molecule has 3 heterocycles. The topological polar surface area (TPSA) is 92.2 Å². The summed E-state index contributed by atoms with van der Waals surface area (Å²) < 4.78 is 59.9. The number of ether oxygens (including phenoxy) is 1. The number of benzene rings is 1. The quantitative estimate of drug-likeness (QED) is 0.475. The molecule has 1 aromatic carbocycles. The van der Waals surface area contributed by atoms with Crippen LogP contribution in [-0.4, -0.2) is 55.5 Å². The zero-order valence-electron chi connectivity index (χ0n) is 21.0. The molecular formula is C24H27F4N7O2. The average Bonchev–Trinajstić information content (AvgIpc) is 3.13. The molecule has 0 amide bonds. The molecule has 1 saturated heterocycles. The van der Waals surface area contributed by atoms with E-state index in [1.54, 1.807) is 25.6 Å². The van der Waals surface area contributed by atoms with E-state index in [1.165, 1.54) is 10.6 Å². The number of aromatic nitrogens is 4. The smallest absolute Gasteiger partial charge is 0.405 e. The third kappa shape index (κ3) is 4.98. The fourth-order valence-corrected chi connectivity index (χ4v) is 5.04. The third-order valence-corrected chi connectivity index (χ3v) is 6.87. The van der Waals surface area contributed by atoms with Crippen molar-refractivity contribution < 1.29 is 22.3 Å². The van der Waals surface area contributed by atoms with E-state index in [0.29, 0.717) is 35.9 Å². The number of alkyl halides is 3. The molecule has 0 radical (unpaired) electrons. The van der Waals surface area contributed by atoms with Crippen LogP contribution in [0.3, 0.4) is 0 Å². The number of halogens is 4. The van der Waals surface area contributed by atoms with Crippen LogP contribution in [0.4, 0.5) is 23.4 Å². The predicted molar refractivity (Wildman–Crippen MR) is 128 cm³/mol. The van der Waals surface area contributed by atoms with Gasteiger partial charge in [0.05, 0.1) is 12.5 Å². The monoisotopic (exact) mass is 521 g/mol. The molecule has 0 aliphatic carbocycles. The van der Waals surface area contributed by atoms with E-state index in [2.05, 4.69) is 20.8 Å². The van der Waals surface area contributed by atoms with E-state index in [4.69, 9.17) is 5.26 Å². The zero-order valence-corrected chi connectivity index (χ0v) is 21.0. The first-order valence-corrected chi connectivity index (χ1v) is 11.7. The maximum atomic E-state index is 13.7. The highest BCUT2D eigenvalue weighted by Gasteiger charge is 2.37. The SMILES string of the molecule is CC(c1ccc(F)cc1OC(F)(F)F)N1C[C@H](C)N(c2nc(=O)n(C)c3c2nc(CC#N)n3C)C[C@H]1C. The maximum Gasteiger partial charge on any atom is 0.573 e.